The molecule has 0 radical (unpaired) electrons. The third kappa shape index (κ3) is 6.45. The Bertz CT molecular complexity index is 952. The predicted octanol–water partition coefficient (Wildman–Crippen LogP) is 2.47. The van der Waals surface area contributed by atoms with Crippen LogP contribution in [0, 0.1) is 12.3 Å². The Morgan fingerprint density at radius 2 is 1.81 bits per heavy atom. The van der Waals surface area contributed by atoms with Gasteiger partial charge in [0.2, 0.25) is 11.8 Å². The van der Waals surface area contributed by atoms with Crippen molar-refractivity contribution in [2.75, 3.05) is 6.54 Å². The average molecular weight is 480 g/mol. The van der Waals surface area contributed by atoms with Gasteiger partial charge in [0.1, 0.15) is 5.84 Å². The first-order chi connectivity index (χ1) is 14.3. The molecule has 9 heteroatoms. The number of nitrogens with one attached hydrogen (secondary N) is 2. The Kier molecular flexibility index (Phi) is 10.2. The average Bonchev–Trinajstić information content (AvgIpc) is 3.17. The lowest BCUT2D eigenvalue weighted by Gasteiger charge is -2.28. The van der Waals surface area contributed by atoms with E-state index in [1.165, 1.54) is 11.1 Å². The Morgan fingerprint density at radius 1 is 1.16 bits per heavy atom. The molecule has 3 rings (SSSR count). The fourth-order valence-electron chi connectivity index (χ4n) is 4.02. The number of benzene rings is 2. The van der Waals surface area contributed by atoms with Crippen molar-refractivity contribution in [2.45, 2.75) is 44.8 Å². The van der Waals surface area contributed by atoms with Gasteiger partial charge < -0.3 is 16.8 Å². The lowest BCUT2D eigenvalue weighted by atomic mass is 9.95. The maximum atomic E-state index is 12.8. The Hall–Kier alpha value is -2.61. The molecule has 32 heavy (non-hydrogen) atoms. The number of nitrogens with two attached hydrogens (primary N) is 2. The Morgan fingerprint density at radius 3 is 2.38 bits per heavy atom. The highest BCUT2D eigenvalue weighted by atomic mass is 35.5. The van der Waals surface area contributed by atoms with E-state index in [4.69, 9.17) is 16.9 Å². The lowest BCUT2D eigenvalue weighted by molar-refractivity contribution is -0.129. The van der Waals surface area contributed by atoms with E-state index >= 15 is 0 Å². The number of nitrogen functional groups attached to an aromatic ring is 1. The molecule has 1 aliphatic heterocycles. The summed E-state index contributed by atoms with van der Waals surface area (Å²) in [6.07, 6.45) is 0.614. The minimum Gasteiger partial charge on any atom is -0.384 e. The molecular weight excluding hydrogens is 449 g/mol. The highest BCUT2D eigenvalue weighted by Gasteiger charge is 2.40. The van der Waals surface area contributed by atoms with Gasteiger partial charge in [-0.15, -0.1) is 24.8 Å². The van der Waals surface area contributed by atoms with E-state index in [1.807, 2.05) is 43.0 Å². The van der Waals surface area contributed by atoms with Crippen LogP contribution in [0.25, 0.3) is 0 Å². The molecule has 2 amide bonds. The van der Waals surface area contributed by atoms with Crippen molar-refractivity contribution in [1.29, 1.82) is 5.41 Å². The molecule has 7 nitrogen and oxygen atoms in total. The number of rotatable bonds is 7. The van der Waals surface area contributed by atoms with Gasteiger partial charge in [0.25, 0.3) is 0 Å². The summed E-state index contributed by atoms with van der Waals surface area (Å²) < 4.78 is 0. The van der Waals surface area contributed by atoms with Crippen LogP contribution in [0.1, 0.15) is 41.5 Å². The number of primary amides is 1. The van der Waals surface area contributed by atoms with Gasteiger partial charge in [-0.25, -0.2) is 0 Å². The number of carbonyl (C=O) groups is 2. The molecule has 3 atom stereocenters. The first-order valence-electron chi connectivity index (χ1n) is 10.1. The largest absolute Gasteiger partial charge is 0.384 e. The van der Waals surface area contributed by atoms with E-state index < -0.39 is 18.0 Å². The van der Waals surface area contributed by atoms with Crippen molar-refractivity contribution in [2.24, 2.45) is 11.5 Å². The number of amidine groups is 1. The zero-order valence-corrected chi connectivity index (χ0v) is 19.8. The van der Waals surface area contributed by atoms with Crippen LogP contribution in [0.15, 0.2) is 48.5 Å². The molecule has 2 unspecified atom stereocenters. The number of halogens is 2. The van der Waals surface area contributed by atoms with Gasteiger partial charge in [0.15, 0.2) is 0 Å². The molecular formula is C23H31Cl2N5O2. The zero-order valence-electron chi connectivity index (χ0n) is 18.2. The molecule has 1 fully saturated rings. The van der Waals surface area contributed by atoms with Crippen LogP contribution in [0.3, 0.4) is 0 Å². The van der Waals surface area contributed by atoms with Gasteiger partial charge in [-0.3, -0.25) is 19.9 Å². The van der Waals surface area contributed by atoms with E-state index in [-0.39, 0.29) is 42.5 Å². The summed E-state index contributed by atoms with van der Waals surface area (Å²) in [5, 5.41) is 10.4. The van der Waals surface area contributed by atoms with E-state index in [0.29, 0.717) is 25.1 Å². The van der Waals surface area contributed by atoms with Crippen molar-refractivity contribution in [3.63, 3.8) is 0 Å². The Labute approximate surface area is 201 Å². The number of aryl methyl sites for hydroxylation is 1. The van der Waals surface area contributed by atoms with E-state index in [2.05, 4.69) is 17.4 Å². The van der Waals surface area contributed by atoms with Gasteiger partial charge in [-0.05, 0) is 37.3 Å². The topological polar surface area (TPSA) is 125 Å². The number of hydrogen-bond donors (Lipinski definition) is 4. The van der Waals surface area contributed by atoms with Gasteiger partial charge in [-0.2, -0.15) is 0 Å². The van der Waals surface area contributed by atoms with Crippen LogP contribution >= 0.6 is 24.8 Å². The molecule has 6 N–H and O–H groups in total. The number of carbonyl (C=O) groups excluding carboxylic acids is 2. The molecule has 0 aromatic heterocycles. The summed E-state index contributed by atoms with van der Waals surface area (Å²) in [6.45, 7) is 4.82. The number of likely N-dealkylation sites (tertiary alicyclic amines) is 1. The van der Waals surface area contributed by atoms with E-state index in [0.717, 1.165) is 5.56 Å². The molecule has 0 bridgehead atoms. The van der Waals surface area contributed by atoms with Crippen LogP contribution in [-0.4, -0.2) is 41.2 Å². The molecule has 0 saturated carbocycles. The molecule has 0 spiro atoms. The zero-order chi connectivity index (χ0) is 21.8. The van der Waals surface area contributed by atoms with Crippen molar-refractivity contribution in [3.05, 3.63) is 70.8 Å². The van der Waals surface area contributed by atoms with Crippen LogP contribution in [0.5, 0.6) is 0 Å². The van der Waals surface area contributed by atoms with Crippen LogP contribution in [0.4, 0.5) is 0 Å². The van der Waals surface area contributed by atoms with Gasteiger partial charge >= 0.3 is 0 Å². The fraction of sp³-hybridized carbons (Fsp3) is 0.348. The van der Waals surface area contributed by atoms with E-state index in [1.54, 1.807) is 12.1 Å². The summed E-state index contributed by atoms with van der Waals surface area (Å²) >= 11 is 0. The lowest BCUT2D eigenvalue weighted by Crippen LogP contribution is -2.51. The summed E-state index contributed by atoms with van der Waals surface area (Å²) in [5.41, 5.74) is 15.0. The molecule has 1 saturated heterocycles. The molecule has 174 valence electrons. The standard InChI is InChI=1S/C23H29N5O2.2ClH/c1-14-4-3-5-18(10-14)19-11-20(22(26)29)28(13-19)15(2)23(30)27-12-16-6-8-17(9-7-16)21(24)25;;/h3-10,15,19-20H,11-13H2,1-2H3,(H3,24,25)(H2,26,29)(H,27,30);2*1H/t15-,19?,20?;;/m0../s1. The SMILES string of the molecule is Cc1cccc(C2CC(C(N)=O)N([C@@H](C)C(=O)NCc3ccc(C(=N)N)cc3)C2)c1.Cl.Cl. The van der Waals surface area contributed by atoms with Crippen LogP contribution < -0.4 is 16.8 Å². The second-order valence-electron chi connectivity index (χ2n) is 7.97. The quantitative estimate of drug-likeness (QED) is 0.359. The predicted molar refractivity (Wildman–Crippen MR) is 131 cm³/mol. The maximum absolute atomic E-state index is 12.8. The molecule has 0 aliphatic carbocycles. The minimum atomic E-state index is -0.478. The third-order valence-corrected chi connectivity index (χ3v) is 5.79. The van der Waals surface area contributed by atoms with E-state index in [9.17, 15) is 9.59 Å². The van der Waals surface area contributed by atoms with Crippen LogP contribution in [-0.2, 0) is 16.1 Å². The van der Waals surface area contributed by atoms with Crippen molar-refractivity contribution >= 4 is 42.5 Å². The monoisotopic (exact) mass is 479 g/mol. The van der Waals surface area contributed by atoms with Gasteiger partial charge in [0.05, 0.1) is 12.1 Å². The summed E-state index contributed by atoms with van der Waals surface area (Å²) in [7, 11) is 0. The number of nitrogens with zero attached hydrogens (tertiary/aromatic N) is 1. The summed E-state index contributed by atoms with van der Waals surface area (Å²) in [6, 6.07) is 14.5. The summed E-state index contributed by atoms with van der Waals surface area (Å²) in [5.74, 6) is -0.378. The first kappa shape index (κ1) is 27.4. The first-order valence-corrected chi connectivity index (χ1v) is 10.1. The number of amides is 2. The Balaban J connectivity index is 0.00000256. The van der Waals surface area contributed by atoms with Crippen molar-refractivity contribution in [3.8, 4) is 0 Å². The normalized spacial score (nSPS) is 18.7. The second kappa shape index (κ2) is 11.9. The highest BCUT2D eigenvalue weighted by molar-refractivity contribution is 5.94. The summed E-state index contributed by atoms with van der Waals surface area (Å²) in [4.78, 5) is 26.8. The van der Waals surface area contributed by atoms with Crippen molar-refractivity contribution in [1.82, 2.24) is 10.2 Å². The van der Waals surface area contributed by atoms with Crippen molar-refractivity contribution < 1.29 is 9.59 Å². The molecule has 1 aliphatic rings. The van der Waals surface area contributed by atoms with Gasteiger partial charge in [0, 0.05) is 18.7 Å². The molecule has 1 heterocycles. The minimum absolute atomic E-state index is 0. The van der Waals surface area contributed by atoms with Gasteiger partial charge in [-0.1, -0.05) is 54.1 Å². The fourth-order valence-corrected chi connectivity index (χ4v) is 4.02. The van der Waals surface area contributed by atoms with Crippen LogP contribution in [0.2, 0.25) is 0 Å². The highest BCUT2D eigenvalue weighted by Crippen LogP contribution is 2.33. The third-order valence-electron chi connectivity index (χ3n) is 5.79. The number of hydrogen-bond acceptors (Lipinski definition) is 4. The smallest absolute Gasteiger partial charge is 0.237 e. The second-order valence-corrected chi connectivity index (χ2v) is 7.97. The molecule has 2 aromatic carbocycles. The molecule has 2 aromatic rings. The maximum Gasteiger partial charge on any atom is 0.237 e.